The number of nitrogens with one attached hydrogen (secondary N) is 1. The van der Waals surface area contributed by atoms with Gasteiger partial charge in [-0.3, -0.25) is 4.79 Å². The van der Waals surface area contributed by atoms with E-state index in [1.54, 1.807) is 18.2 Å². The summed E-state index contributed by atoms with van der Waals surface area (Å²) in [5.41, 5.74) is 6.98. The minimum absolute atomic E-state index is 0.244. The Morgan fingerprint density at radius 2 is 1.95 bits per heavy atom. The molecule has 1 amide bonds. The number of carbonyl (C=O) groups is 1. The summed E-state index contributed by atoms with van der Waals surface area (Å²) < 4.78 is 10.9. The fourth-order valence-electron chi connectivity index (χ4n) is 1.91. The van der Waals surface area contributed by atoms with Gasteiger partial charge in [0.15, 0.2) is 11.5 Å². The van der Waals surface area contributed by atoms with Crippen LogP contribution in [0.25, 0.3) is 0 Å². The number of halogens is 1. The Morgan fingerprint density at radius 3 is 2.62 bits per heavy atom. The number of ether oxygens (including phenoxy) is 2. The van der Waals surface area contributed by atoms with Gasteiger partial charge in [0, 0.05) is 18.3 Å². The van der Waals surface area contributed by atoms with Crippen molar-refractivity contribution in [3.8, 4) is 11.5 Å². The third kappa shape index (κ3) is 2.85. The van der Waals surface area contributed by atoms with E-state index in [1.807, 2.05) is 0 Å². The van der Waals surface area contributed by atoms with Crippen LogP contribution in [0.5, 0.6) is 11.5 Å². The van der Waals surface area contributed by atoms with Crippen molar-refractivity contribution in [3.05, 3.63) is 41.2 Å². The lowest BCUT2D eigenvalue weighted by Gasteiger charge is -2.20. The van der Waals surface area contributed by atoms with Crippen LogP contribution in [-0.4, -0.2) is 24.1 Å². The molecule has 0 saturated carbocycles. The Labute approximate surface area is 125 Å². The molecule has 3 rings (SSSR count). The Morgan fingerprint density at radius 1 is 1.24 bits per heavy atom. The molecule has 6 nitrogen and oxygen atoms in total. The number of aromatic nitrogens is 1. The normalized spacial score (nSPS) is 12.8. The molecule has 1 aliphatic rings. The number of nitrogens with zero attached hydrogens (tertiary/aromatic N) is 1. The zero-order valence-electron chi connectivity index (χ0n) is 10.9. The summed E-state index contributed by atoms with van der Waals surface area (Å²) >= 11 is 5.74. The molecule has 0 aliphatic carbocycles. The molecule has 1 aromatic heterocycles. The van der Waals surface area contributed by atoms with Crippen LogP contribution in [0.4, 0.5) is 11.4 Å². The summed E-state index contributed by atoms with van der Waals surface area (Å²) in [7, 11) is 0. The van der Waals surface area contributed by atoms with Crippen LogP contribution in [0.15, 0.2) is 30.5 Å². The number of hydrogen-bond acceptors (Lipinski definition) is 5. The molecule has 2 heterocycles. The SMILES string of the molecule is Nc1cc2c(cc1NC(=O)c1ccc(Cl)cn1)OCCO2. The van der Waals surface area contributed by atoms with E-state index >= 15 is 0 Å². The molecule has 1 aliphatic heterocycles. The van der Waals surface area contributed by atoms with E-state index in [2.05, 4.69) is 10.3 Å². The van der Waals surface area contributed by atoms with Gasteiger partial charge < -0.3 is 20.5 Å². The first-order valence-electron chi connectivity index (χ1n) is 6.25. The number of fused-ring (bicyclic) bond motifs is 1. The van der Waals surface area contributed by atoms with E-state index in [0.29, 0.717) is 41.1 Å². The Balaban J connectivity index is 1.84. The van der Waals surface area contributed by atoms with Gasteiger partial charge in [-0.1, -0.05) is 11.6 Å². The number of carbonyl (C=O) groups excluding carboxylic acids is 1. The van der Waals surface area contributed by atoms with Gasteiger partial charge >= 0.3 is 0 Å². The van der Waals surface area contributed by atoms with Gasteiger partial charge in [-0.25, -0.2) is 4.98 Å². The van der Waals surface area contributed by atoms with Crippen LogP contribution in [0.3, 0.4) is 0 Å². The van der Waals surface area contributed by atoms with Crippen LogP contribution < -0.4 is 20.5 Å². The van der Waals surface area contributed by atoms with Gasteiger partial charge in [-0.15, -0.1) is 0 Å². The molecule has 108 valence electrons. The Bertz CT molecular complexity index is 689. The maximum Gasteiger partial charge on any atom is 0.274 e. The van der Waals surface area contributed by atoms with Crippen molar-refractivity contribution in [2.45, 2.75) is 0 Å². The predicted molar refractivity (Wildman–Crippen MR) is 79.0 cm³/mol. The van der Waals surface area contributed by atoms with Crippen molar-refractivity contribution in [2.24, 2.45) is 0 Å². The summed E-state index contributed by atoms with van der Waals surface area (Å²) in [6, 6.07) is 6.39. The average molecular weight is 306 g/mol. The second kappa shape index (κ2) is 5.49. The number of nitrogen functional groups attached to an aromatic ring is 1. The van der Waals surface area contributed by atoms with Crippen LogP contribution in [0.1, 0.15) is 10.5 Å². The third-order valence-corrected chi connectivity index (χ3v) is 3.15. The highest BCUT2D eigenvalue weighted by Gasteiger charge is 2.16. The van der Waals surface area contributed by atoms with Crippen molar-refractivity contribution >= 4 is 28.9 Å². The summed E-state index contributed by atoms with van der Waals surface area (Å²) in [6.07, 6.45) is 1.41. The van der Waals surface area contributed by atoms with Crippen molar-refractivity contribution in [1.82, 2.24) is 4.98 Å². The smallest absolute Gasteiger partial charge is 0.274 e. The molecule has 3 N–H and O–H groups in total. The quantitative estimate of drug-likeness (QED) is 0.832. The van der Waals surface area contributed by atoms with Crippen LogP contribution >= 0.6 is 11.6 Å². The van der Waals surface area contributed by atoms with E-state index in [0.717, 1.165) is 0 Å². The summed E-state index contributed by atoms with van der Waals surface area (Å²) in [4.78, 5) is 16.1. The zero-order chi connectivity index (χ0) is 14.8. The number of rotatable bonds is 2. The number of amides is 1. The topological polar surface area (TPSA) is 86.5 Å². The predicted octanol–water partition coefficient (Wildman–Crippen LogP) is 2.34. The van der Waals surface area contributed by atoms with Crippen LogP contribution in [0.2, 0.25) is 5.02 Å². The van der Waals surface area contributed by atoms with Gasteiger partial charge in [0.05, 0.1) is 16.4 Å². The number of hydrogen-bond donors (Lipinski definition) is 2. The molecule has 0 spiro atoms. The Kier molecular flexibility index (Phi) is 3.53. The highest BCUT2D eigenvalue weighted by atomic mass is 35.5. The van der Waals surface area contributed by atoms with Crippen molar-refractivity contribution in [3.63, 3.8) is 0 Å². The molecule has 2 aromatic rings. The molecule has 1 aromatic carbocycles. The number of anilines is 2. The second-order valence-electron chi connectivity index (χ2n) is 4.40. The summed E-state index contributed by atoms with van der Waals surface area (Å²) in [5.74, 6) is 0.742. The van der Waals surface area contributed by atoms with Crippen molar-refractivity contribution in [2.75, 3.05) is 24.3 Å². The number of benzene rings is 1. The maximum absolute atomic E-state index is 12.1. The first-order valence-corrected chi connectivity index (χ1v) is 6.63. The van der Waals surface area contributed by atoms with Gasteiger partial charge in [0.1, 0.15) is 18.9 Å². The Hall–Kier alpha value is -2.47. The molecular formula is C14H12ClN3O3. The first-order chi connectivity index (χ1) is 10.1. The monoisotopic (exact) mass is 305 g/mol. The fourth-order valence-corrected chi connectivity index (χ4v) is 2.02. The fraction of sp³-hybridized carbons (Fsp3) is 0.143. The van der Waals surface area contributed by atoms with E-state index in [-0.39, 0.29) is 11.6 Å². The maximum atomic E-state index is 12.1. The highest BCUT2D eigenvalue weighted by molar-refractivity contribution is 6.30. The van der Waals surface area contributed by atoms with Gasteiger partial charge in [0.2, 0.25) is 0 Å². The molecule has 0 atom stereocenters. The molecule has 0 saturated heterocycles. The van der Waals surface area contributed by atoms with E-state index in [1.165, 1.54) is 12.3 Å². The lowest BCUT2D eigenvalue weighted by atomic mass is 10.2. The van der Waals surface area contributed by atoms with E-state index < -0.39 is 0 Å². The summed E-state index contributed by atoms with van der Waals surface area (Å²) in [5, 5.41) is 3.15. The minimum atomic E-state index is -0.380. The largest absolute Gasteiger partial charge is 0.486 e. The highest BCUT2D eigenvalue weighted by Crippen LogP contribution is 2.37. The molecule has 7 heteroatoms. The van der Waals surface area contributed by atoms with Gasteiger partial charge in [-0.05, 0) is 12.1 Å². The van der Waals surface area contributed by atoms with Crippen molar-refractivity contribution < 1.29 is 14.3 Å². The van der Waals surface area contributed by atoms with Gasteiger partial charge in [0.25, 0.3) is 5.91 Å². The summed E-state index contributed by atoms with van der Waals surface area (Å²) in [6.45, 7) is 0.940. The molecule has 0 unspecified atom stereocenters. The first kappa shape index (κ1) is 13.5. The molecule has 0 bridgehead atoms. The van der Waals surface area contributed by atoms with Crippen molar-refractivity contribution in [1.29, 1.82) is 0 Å². The number of pyridine rings is 1. The molecule has 0 radical (unpaired) electrons. The third-order valence-electron chi connectivity index (χ3n) is 2.92. The zero-order valence-corrected chi connectivity index (χ0v) is 11.7. The van der Waals surface area contributed by atoms with E-state index in [4.69, 9.17) is 26.8 Å². The molecule has 21 heavy (non-hydrogen) atoms. The standard InChI is InChI=1S/C14H12ClN3O3/c15-8-1-2-10(17-7-8)14(19)18-11-6-13-12(5-9(11)16)20-3-4-21-13/h1-2,5-7H,3-4,16H2,(H,18,19). The van der Waals surface area contributed by atoms with Crippen LogP contribution in [-0.2, 0) is 0 Å². The molecule has 0 fully saturated rings. The lowest BCUT2D eigenvalue weighted by molar-refractivity contribution is 0.102. The van der Waals surface area contributed by atoms with Gasteiger partial charge in [-0.2, -0.15) is 0 Å². The minimum Gasteiger partial charge on any atom is -0.486 e. The van der Waals surface area contributed by atoms with Crippen LogP contribution in [0, 0.1) is 0 Å². The van der Waals surface area contributed by atoms with E-state index in [9.17, 15) is 4.79 Å². The number of nitrogens with two attached hydrogens (primary N) is 1. The average Bonchev–Trinajstić information content (AvgIpc) is 2.48. The molecular weight excluding hydrogens is 294 g/mol. The lowest BCUT2D eigenvalue weighted by Crippen LogP contribution is -2.18. The second-order valence-corrected chi connectivity index (χ2v) is 4.84.